The number of aromatic nitrogens is 2. The molecule has 0 spiro atoms. The Morgan fingerprint density at radius 1 is 1.45 bits per heavy atom. The number of ether oxygens (including phenoxy) is 1. The maximum atomic E-state index is 13.2. The fourth-order valence-electron chi connectivity index (χ4n) is 3.07. The van der Waals surface area contributed by atoms with Crippen molar-refractivity contribution in [1.29, 1.82) is 0 Å². The normalized spacial score (nSPS) is 12.4. The van der Waals surface area contributed by atoms with E-state index in [2.05, 4.69) is 12.2 Å². The fourth-order valence-corrected chi connectivity index (χ4v) is 5.83. The summed E-state index contributed by atoms with van der Waals surface area (Å²) in [4.78, 5) is 33.5. The molecule has 1 atom stereocenters. The molecule has 3 aromatic heterocycles. The summed E-state index contributed by atoms with van der Waals surface area (Å²) in [5.74, 6) is -0.0763. The van der Waals surface area contributed by atoms with E-state index in [9.17, 15) is 9.59 Å². The van der Waals surface area contributed by atoms with Gasteiger partial charge in [0, 0.05) is 16.9 Å². The lowest BCUT2D eigenvalue weighted by Crippen LogP contribution is -2.32. The van der Waals surface area contributed by atoms with Crippen molar-refractivity contribution in [2.45, 2.75) is 50.7 Å². The lowest BCUT2D eigenvalue weighted by atomic mass is 10.1. The van der Waals surface area contributed by atoms with Gasteiger partial charge in [0.2, 0.25) is 5.91 Å². The topological polar surface area (TPSA) is 73.2 Å². The molecule has 0 aliphatic rings. The van der Waals surface area contributed by atoms with Crippen LogP contribution in [0.15, 0.2) is 27.5 Å². The number of thiophene rings is 2. The van der Waals surface area contributed by atoms with Crippen LogP contribution in [0.5, 0.6) is 0 Å². The molecule has 0 saturated carbocycles. The van der Waals surface area contributed by atoms with Crippen LogP contribution >= 0.6 is 34.4 Å². The van der Waals surface area contributed by atoms with Gasteiger partial charge in [-0.05, 0) is 37.3 Å². The van der Waals surface area contributed by atoms with Crippen LogP contribution in [-0.2, 0) is 29.0 Å². The van der Waals surface area contributed by atoms with E-state index in [1.807, 2.05) is 31.4 Å². The molecule has 0 saturated heterocycles. The van der Waals surface area contributed by atoms with Gasteiger partial charge in [0.05, 0.1) is 30.3 Å². The number of thioether (sulfide) groups is 1. The first kappa shape index (κ1) is 22.0. The van der Waals surface area contributed by atoms with Gasteiger partial charge in [0.25, 0.3) is 5.56 Å². The van der Waals surface area contributed by atoms with E-state index in [4.69, 9.17) is 9.72 Å². The van der Waals surface area contributed by atoms with Gasteiger partial charge >= 0.3 is 0 Å². The van der Waals surface area contributed by atoms with E-state index in [0.29, 0.717) is 30.2 Å². The number of rotatable bonds is 9. The van der Waals surface area contributed by atoms with E-state index in [1.54, 1.807) is 34.4 Å². The third kappa shape index (κ3) is 4.91. The van der Waals surface area contributed by atoms with Crippen LogP contribution in [0, 0.1) is 6.92 Å². The Hall–Kier alpha value is -1.68. The quantitative estimate of drug-likeness (QED) is 0.395. The lowest BCUT2D eigenvalue weighted by Gasteiger charge is -2.15. The summed E-state index contributed by atoms with van der Waals surface area (Å²) in [6.45, 7) is 7.23. The average Bonchev–Trinajstić information content (AvgIpc) is 3.32. The van der Waals surface area contributed by atoms with Crippen molar-refractivity contribution in [3.8, 4) is 0 Å². The minimum Gasteiger partial charge on any atom is -0.383 e. The molecular weight excluding hydrogens is 426 g/mol. The number of hydrogen-bond donors (Lipinski definition) is 1. The van der Waals surface area contributed by atoms with E-state index in [0.717, 1.165) is 26.6 Å². The Morgan fingerprint density at radius 3 is 2.90 bits per heavy atom. The molecule has 3 aromatic rings. The summed E-state index contributed by atoms with van der Waals surface area (Å²) in [6, 6.07) is 3.95. The van der Waals surface area contributed by atoms with Crippen molar-refractivity contribution in [3.05, 3.63) is 43.2 Å². The van der Waals surface area contributed by atoms with Gasteiger partial charge < -0.3 is 10.1 Å². The van der Waals surface area contributed by atoms with Crippen LogP contribution in [-0.4, -0.2) is 34.4 Å². The van der Waals surface area contributed by atoms with E-state index < -0.39 is 0 Å². The van der Waals surface area contributed by atoms with Gasteiger partial charge in [0.15, 0.2) is 5.16 Å². The Kier molecular flexibility index (Phi) is 7.50. The molecule has 0 unspecified atom stereocenters. The van der Waals surface area contributed by atoms with Gasteiger partial charge in [0.1, 0.15) is 4.83 Å². The third-order valence-corrected chi connectivity index (χ3v) is 7.63. The zero-order valence-corrected chi connectivity index (χ0v) is 19.4. The van der Waals surface area contributed by atoms with Crippen molar-refractivity contribution in [3.63, 3.8) is 0 Å². The highest BCUT2D eigenvalue weighted by Gasteiger charge is 2.22. The molecule has 0 bridgehead atoms. The molecule has 3 heterocycles. The molecule has 1 amide bonds. The van der Waals surface area contributed by atoms with E-state index >= 15 is 0 Å². The van der Waals surface area contributed by atoms with Gasteiger partial charge in [-0.2, -0.15) is 0 Å². The zero-order valence-electron chi connectivity index (χ0n) is 17.0. The predicted molar refractivity (Wildman–Crippen MR) is 121 cm³/mol. The number of aryl methyl sites for hydroxylation is 2. The number of amides is 1. The van der Waals surface area contributed by atoms with Crippen molar-refractivity contribution in [2.75, 3.05) is 13.7 Å². The van der Waals surface area contributed by atoms with Crippen molar-refractivity contribution in [2.24, 2.45) is 0 Å². The molecule has 0 aliphatic carbocycles. The fraction of sp³-hybridized carbons (Fsp3) is 0.450. The Balaban J connectivity index is 1.88. The molecule has 0 aliphatic heterocycles. The highest BCUT2D eigenvalue weighted by atomic mass is 32.2. The zero-order chi connectivity index (χ0) is 21.0. The summed E-state index contributed by atoms with van der Waals surface area (Å²) in [5, 5.41) is 5.82. The number of carbonyl (C=O) groups excluding carboxylic acids is 1. The molecule has 0 fully saturated rings. The molecule has 0 aromatic carbocycles. The summed E-state index contributed by atoms with van der Waals surface area (Å²) >= 11 is 4.46. The summed E-state index contributed by atoms with van der Waals surface area (Å²) < 4.78 is 6.83. The Morgan fingerprint density at radius 2 is 2.24 bits per heavy atom. The largest absolute Gasteiger partial charge is 0.383 e. The maximum Gasteiger partial charge on any atom is 0.263 e. The Bertz CT molecular complexity index is 1040. The van der Waals surface area contributed by atoms with Gasteiger partial charge in [-0.1, -0.05) is 24.8 Å². The predicted octanol–water partition coefficient (Wildman–Crippen LogP) is 3.83. The van der Waals surface area contributed by atoms with Crippen molar-refractivity contribution in [1.82, 2.24) is 14.9 Å². The first-order valence-corrected chi connectivity index (χ1v) is 12.0. The molecule has 9 heteroatoms. The summed E-state index contributed by atoms with van der Waals surface area (Å²) in [6.07, 6.45) is 0.793. The summed E-state index contributed by atoms with van der Waals surface area (Å²) in [7, 11) is 1.61. The second kappa shape index (κ2) is 9.88. The first-order chi connectivity index (χ1) is 14.0. The molecule has 29 heavy (non-hydrogen) atoms. The number of nitrogens with zero attached hydrogens (tertiary/aromatic N) is 2. The second-order valence-corrected chi connectivity index (χ2v) is 10.1. The van der Waals surface area contributed by atoms with Crippen LogP contribution in [0.3, 0.4) is 0 Å². The number of nitrogens with one attached hydrogen (secondary N) is 1. The summed E-state index contributed by atoms with van der Waals surface area (Å²) in [5.41, 5.74) is 1.01. The second-order valence-electron chi connectivity index (χ2n) is 6.57. The van der Waals surface area contributed by atoms with Crippen molar-refractivity contribution < 1.29 is 9.53 Å². The van der Waals surface area contributed by atoms with Gasteiger partial charge in [-0.3, -0.25) is 14.2 Å². The molecule has 3 rings (SSSR count). The van der Waals surface area contributed by atoms with Gasteiger partial charge in [-0.15, -0.1) is 22.7 Å². The Labute approximate surface area is 182 Å². The van der Waals surface area contributed by atoms with Crippen LogP contribution in [0.2, 0.25) is 0 Å². The lowest BCUT2D eigenvalue weighted by molar-refractivity contribution is -0.120. The molecular formula is C20H25N3O3S3. The molecule has 0 radical (unpaired) electrons. The number of hydrogen-bond acceptors (Lipinski definition) is 7. The SMILES string of the molecule is CCc1c(C)sc2nc(S[C@@H](C)C(=O)NCc3cccs3)n(CCOC)c(=O)c12. The van der Waals surface area contributed by atoms with E-state index in [-0.39, 0.29) is 16.7 Å². The van der Waals surface area contributed by atoms with Crippen LogP contribution in [0.1, 0.15) is 29.2 Å². The highest BCUT2D eigenvalue weighted by molar-refractivity contribution is 8.00. The molecule has 1 N–H and O–H groups in total. The molecule has 156 valence electrons. The first-order valence-electron chi connectivity index (χ1n) is 9.44. The van der Waals surface area contributed by atoms with Crippen molar-refractivity contribution >= 4 is 50.6 Å². The monoisotopic (exact) mass is 451 g/mol. The smallest absolute Gasteiger partial charge is 0.263 e. The number of fused-ring (bicyclic) bond motifs is 1. The average molecular weight is 452 g/mol. The number of methoxy groups -OCH3 is 1. The van der Waals surface area contributed by atoms with E-state index in [1.165, 1.54) is 11.8 Å². The highest BCUT2D eigenvalue weighted by Crippen LogP contribution is 2.30. The van der Waals surface area contributed by atoms with Crippen LogP contribution in [0.4, 0.5) is 0 Å². The minimum atomic E-state index is -0.375. The van der Waals surface area contributed by atoms with Gasteiger partial charge in [-0.25, -0.2) is 4.98 Å². The minimum absolute atomic E-state index is 0.0538. The van der Waals surface area contributed by atoms with Crippen LogP contribution < -0.4 is 10.9 Å². The standard InChI is InChI=1S/C20H25N3O3S3/c1-5-15-12(2)28-18-16(15)19(25)23(8-9-26-4)20(22-18)29-13(3)17(24)21-11-14-7-6-10-27-14/h6-7,10,13H,5,8-9,11H2,1-4H3,(H,21,24)/t13-/m0/s1. The molecule has 6 nitrogen and oxygen atoms in total. The van der Waals surface area contributed by atoms with Crippen LogP contribution in [0.25, 0.3) is 10.2 Å². The third-order valence-electron chi connectivity index (χ3n) is 4.62. The number of carbonyl (C=O) groups is 1. The maximum absolute atomic E-state index is 13.2.